The van der Waals surface area contributed by atoms with Gasteiger partial charge in [-0.3, -0.25) is 4.40 Å². The average Bonchev–Trinajstić information content (AvgIpc) is 3.29. The van der Waals surface area contributed by atoms with Crippen LogP contribution in [0.4, 0.5) is 0 Å². The molecular weight excluding hydrogens is 338 g/mol. The number of nitrogens with zero attached hydrogens (tertiary/aromatic N) is 3. The molecule has 3 aromatic carbocycles. The van der Waals surface area contributed by atoms with Crippen LogP contribution in [-0.4, -0.2) is 14.4 Å². The molecule has 0 saturated heterocycles. The van der Waals surface area contributed by atoms with Crippen LogP contribution in [0.3, 0.4) is 0 Å². The summed E-state index contributed by atoms with van der Waals surface area (Å²) in [6.07, 6.45) is 0. The summed E-state index contributed by atoms with van der Waals surface area (Å²) in [6, 6.07) is 27.2. The SMILES string of the molecule is c1ccc2sc(-c3nc4ccccc4c4nc5ccccc5n34)cc2c1. The molecule has 122 valence electrons. The number of aromatic nitrogens is 3. The quantitative estimate of drug-likeness (QED) is 0.368. The first-order chi connectivity index (χ1) is 12.9. The molecule has 0 saturated carbocycles. The fourth-order valence-electron chi connectivity index (χ4n) is 3.60. The molecule has 0 radical (unpaired) electrons. The Labute approximate surface area is 153 Å². The molecule has 0 atom stereocenters. The Hall–Kier alpha value is -3.24. The number of thiophene rings is 1. The normalized spacial score (nSPS) is 11.8. The van der Waals surface area contributed by atoms with E-state index in [4.69, 9.17) is 9.97 Å². The molecule has 0 aliphatic rings. The standard InChI is InChI=1S/C22H13N3S/c1-6-12-19-14(7-1)13-20(26-19)22-23-16-9-3-2-8-15(16)21-24-17-10-4-5-11-18(17)25(21)22/h1-13H. The van der Waals surface area contributed by atoms with Gasteiger partial charge in [0.2, 0.25) is 0 Å². The van der Waals surface area contributed by atoms with E-state index in [1.54, 1.807) is 11.3 Å². The molecule has 6 aromatic rings. The summed E-state index contributed by atoms with van der Waals surface area (Å²) in [5, 5.41) is 2.33. The Morgan fingerprint density at radius 3 is 2.42 bits per heavy atom. The van der Waals surface area contributed by atoms with E-state index >= 15 is 0 Å². The molecule has 6 rings (SSSR count). The van der Waals surface area contributed by atoms with Gasteiger partial charge >= 0.3 is 0 Å². The molecule has 3 aromatic heterocycles. The van der Waals surface area contributed by atoms with E-state index in [0.717, 1.165) is 38.3 Å². The van der Waals surface area contributed by atoms with Crippen LogP contribution in [0.1, 0.15) is 0 Å². The molecular formula is C22H13N3S. The lowest BCUT2D eigenvalue weighted by molar-refractivity contribution is 1.17. The zero-order valence-corrected chi connectivity index (χ0v) is 14.6. The van der Waals surface area contributed by atoms with Gasteiger partial charge in [-0.15, -0.1) is 11.3 Å². The number of hydrogen-bond acceptors (Lipinski definition) is 3. The smallest absolute Gasteiger partial charge is 0.157 e. The van der Waals surface area contributed by atoms with Crippen molar-refractivity contribution in [2.75, 3.05) is 0 Å². The first-order valence-electron chi connectivity index (χ1n) is 8.53. The second-order valence-electron chi connectivity index (χ2n) is 6.36. The van der Waals surface area contributed by atoms with Crippen LogP contribution >= 0.6 is 11.3 Å². The maximum atomic E-state index is 5.02. The van der Waals surface area contributed by atoms with E-state index in [2.05, 4.69) is 65.1 Å². The molecule has 0 aliphatic carbocycles. The van der Waals surface area contributed by atoms with Crippen molar-refractivity contribution in [1.82, 2.24) is 14.4 Å². The lowest BCUT2D eigenvalue weighted by atomic mass is 10.2. The minimum absolute atomic E-state index is 0.952. The van der Waals surface area contributed by atoms with Crippen molar-refractivity contribution in [1.29, 1.82) is 0 Å². The molecule has 3 heterocycles. The number of imidazole rings is 1. The Morgan fingerprint density at radius 1 is 0.731 bits per heavy atom. The number of hydrogen-bond donors (Lipinski definition) is 0. The van der Waals surface area contributed by atoms with Crippen molar-refractivity contribution in [2.45, 2.75) is 0 Å². The van der Waals surface area contributed by atoms with Crippen molar-refractivity contribution in [2.24, 2.45) is 0 Å². The second-order valence-corrected chi connectivity index (χ2v) is 7.44. The van der Waals surface area contributed by atoms with Crippen LogP contribution in [0, 0.1) is 0 Å². The molecule has 0 fully saturated rings. The monoisotopic (exact) mass is 351 g/mol. The Kier molecular flexibility index (Phi) is 2.76. The molecule has 0 spiro atoms. The van der Waals surface area contributed by atoms with E-state index in [1.165, 1.54) is 10.1 Å². The van der Waals surface area contributed by atoms with Crippen LogP contribution in [0.15, 0.2) is 78.9 Å². The van der Waals surface area contributed by atoms with Gasteiger partial charge in [-0.05, 0) is 41.8 Å². The third kappa shape index (κ3) is 1.87. The maximum Gasteiger partial charge on any atom is 0.157 e. The molecule has 0 unspecified atom stereocenters. The number of benzene rings is 3. The minimum atomic E-state index is 0.952. The Balaban J connectivity index is 1.83. The lowest BCUT2D eigenvalue weighted by Gasteiger charge is -2.07. The van der Waals surface area contributed by atoms with Crippen LogP contribution in [0.2, 0.25) is 0 Å². The number of fused-ring (bicyclic) bond motifs is 6. The summed E-state index contributed by atoms with van der Waals surface area (Å²) in [5.74, 6) is 0.952. The fraction of sp³-hybridized carbons (Fsp3) is 0. The molecule has 3 nitrogen and oxygen atoms in total. The Bertz CT molecular complexity index is 1410. The highest BCUT2D eigenvalue weighted by atomic mass is 32.1. The lowest BCUT2D eigenvalue weighted by Crippen LogP contribution is -1.96. The van der Waals surface area contributed by atoms with E-state index in [0.29, 0.717) is 0 Å². The summed E-state index contributed by atoms with van der Waals surface area (Å²) in [6.45, 7) is 0. The molecule has 0 bridgehead atoms. The topological polar surface area (TPSA) is 30.2 Å². The summed E-state index contributed by atoms with van der Waals surface area (Å²) in [7, 11) is 0. The van der Waals surface area contributed by atoms with Crippen molar-refractivity contribution >= 4 is 49.0 Å². The van der Waals surface area contributed by atoms with Gasteiger partial charge in [-0.1, -0.05) is 42.5 Å². The maximum absolute atomic E-state index is 5.02. The average molecular weight is 351 g/mol. The summed E-state index contributed by atoms with van der Waals surface area (Å²) >= 11 is 1.77. The van der Waals surface area contributed by atoms with Gasteiger partial charge in [0.1, 0.15) is 5.65 Å². The third-order valence-electron chi connectivity index (χ3n) is 4.79. The molecule has 26 heavy (non-hydrogen) atoms. The highest BCUT2D eigenvalue weighted by Crippen LogP contribution is 2.35. The van der Waals surface area contributed by atoms with Gasteiger partial charge in [0, 0.05) is 10.1 Å². The minimum Gasteiger partial charge on any atom is -0.275 e. The highest BCUT2D eigenvalue weighted by Gasteiger charge is 2.16. The van der Waals surface area contributed by atoms with Crippen LogP contribution < -0.4 is 0 Å². The Morgan fingerprint density at radius 2 is 1.50 bits per heavy atom. The number of para-hydroxylation sites is 3. The predicted molar refractivity (Wildman–Crippen MR) is 109 cm³/mol. The number of rotatable bonds is 1. The molecule has 0 amide bonds. The van der Waals surface area contributed by atoms with Gasteiger partial charge < -0.3 is 0 Å². The van der Waals surface area contributed by atoms with Crippen molar-refractivity contribution in [3.63, 3.8) is 0 Å². The van der Waals surface area contributed by atoms with Gasteiger partial charge in [-0.2, -0.15) is 0 Å². The zero-order valence-electron chi connectivity index (χ0n) is 13.8. The van der Waals surface area contributed by atoms with E-state index in [-0.39, 0.29) is 0 Å². The second kappa shape index (κ2) is 5.13. The summed E-state index contributed by atoms with van der Waals surface area (Å²) in [5.41, 5.74) is 4.02. The third-order valence-corrected chi connectivity index (χ3v) is 5.90. The van der Waals surface area contributed by atoms with Crippen LogP contribution in [0.5, 0.6) is 0 Å². The van der Waals surface area contributed by atoms with E-state index in [1.807, 2.05) is 18.2 Å². The summed E-state index contributed by atoms with van der Waals surface area (Å²) in [4.78, 5) is 11.1. The van der Waals surface area contributed by atoms with Crippen molar-refractivity contribution in [3.8, 4) is 10.7 Å². The van der Waals surface area contributed by atoms with Crippen molar-refractivity contribution in [3.05, 3.63) is 78.9 Å². The van der Waals surface area contributed by atoms with Crippen LogP contribution in [-0.2, 0) is 0 Å². The first-order valence-corrected chi connectivity index (χ1v) is 9.35. The van der Waals surface area contributed by atoms with E-state index < -0.39 is 0 Å². The van der Waals surface area contributed by atoms with Crippen LogP contribution in [0.25, 0.3) is 48.4 Å². The fourth-order valence-corrected chi connectivity index (χ4v) is 4.65. The molecule has 0 aliphatic heterocycles. The predicted octanol–water partition coefficient (Wildman–Crippen LogP) is 5.92. The molecule has 0 N–H and O–H groups in total. The van der Waals surface area contributed by atoms with Gasteiger partial charge in [-0.25, -0.2) is 9.97 Å². The molecule has 4 heteroatoms. The van der Waals surface area contributed by atoms with Gasteiger partial charge in [0.25, 0.3) is 0 Å². The highest BCUT2D eigenvalue weighted by molar-refractivity contribution is 7.22. The van der Waals surface area contributed by atoms with Crippen molar-refractivity contribution < 1.29 is 0 Å². The van der Waals surface area contributed by atoms with Gasteiger partial charge in [0.05, 0.1) is 21.4 Å². The zero-order chi connectivity index (χ0) is 17.1. The first kappa shape index (κ1) is 14.0. The van der Waals surface area contributed by atoms with E-state index in [9.17, 15) is 0 Å². The van der Waals surface area contributed by atoms with Gasteiger partial charge in [0.15, 0.2) is 5.82 Å². The summed E-state index contributed by atoms with van der Waals surface area (Å²) < 4.78 is 3.47. The largest absolute Gasteiger partial charge is 0.275 e.